The number of halogens is 3. The quantitative estimate of drug-likeness (QED) is 0.742. The summed E-state index contributed by atoms with van der Waals surface area (Å²) in [5, 5.41) is 2.84. The van der Waals surface area contributed by atoms with E-state index < -0.39 is 16.9 Å². The Balaban J connectivity index is 1.30. The number of anilines is 1. The predicted octanol–water partition coefficient (Wildman–Crippen LogP) is 4.49. The zero-order chi connectivity index (χ0) is 21.3. The summed E-state index contributed by atoms with van der Waals surface area (Å²) in [6.45, 7) is 0.912. The van der Waals surface area contributed by atoms with Crippen LogP contribution in [0.1, 0.15) is 19.3 Å². The topological polar surface area (TPSA) is 58.6 Å². The number of carbonyl (C=O) groups excluding carboxylic acids is 2. The van der Waals surface area contributed by atoms with Crippen LogP contribution in [-0.4, -0.2) is 41.2 Å². The number of nitrogens with zero attached hydrogens (tertiary/aromatic N) is 1. The van der Waals surface area contributed by atoms with Crippen molar-refractivity contribution >= 4 is 40.9 Å². The fourth-order valence-electron chi connectivity index (χ4n) is 3.52. The van der Waals surface area contributed by atoms with E-state index in [4.69, 9.17) is 16.3 Å². The predicted molar refractivity (Wildman–Crippen MR) is 111 cm³/mol. The lowest BCUT2D eigenvalue weighted by Gasteiger charge is -2.33. The van der Waals surface area contributed by atoms with E-state index in [1.807, 2.05) is 6.07 Å². The van der Waals surface area contributed by atoms with Crippen molar-refractivity contribution in [3.63, 3.8) is 0 Å². The molecule has 1 unspecified atom stereocenters. The van der Waals surface area contributed by atoms with Gasteiger partial charge in [-0.1, -0.05) is 11.6 Å². The molecule has 2 aromatic carbocycles. The molecule has 4 rings (SSSR count). The normalized spacial score (nSPS) is 19.2. The van der Waals surface area contributed by atoms with Gasteiger partial charge in [-0.25, -0.2) is 8.78 Å². The van der Waals surface area contributed by atoms with Crippen LogP contribution in [0.5, 0.6) is 5.75 Å². The number of hydrogen-bond donors (Lipinski definition) is 1. The molecule has 1 atom stereocenters. The monoisotopic (exact) mass is 452 g/mol. The Hall–Kier alpha value is -2.32. The molecule has 158 valence electrons. The second kappa shape index (κ2) is 8.81. The van der Waals surface area contributed by atoms with Crippen molar-refractivity contribution in [3.05, 3.63) is 53.1 Å². The summed E-state index contributed by atoms with van der Waals surface area (Å²) in [6.07, 6.45) is 0.913. The van der Waals surface area contributed by atoms with Crippen LogP contribution in [0.3, 0.4) is 0 Å². The minimum atomic E-state index is -0.740. The van der Waals surface area contributed by atoms with Gasteiger partial charge in [-0.2, -0.15) is 0 Å². The van der Waals surface area contributed by atoms with Gasteiger partial charge in [0.25, 0.3) is 0 Å². The summed E-state index contributed by atoms with van der Waals surface area (Å²) < 4.78 is 32.4. The molecule has 2 amide bonds. The molecule has 30 heavy (non-hydrogen) atoms. The maximum Gasteiger partial charge on any atom is 0.238 e. The number of hydrogen-bond acceptors (Lipinski definition) is 4. The molecule has 2 heterocycles. The van der Waals surface area contributed by atoms with Crippen molar-refractivity contribution < 1.29 is 23.1 Å². The van der Waals surface area contributed by atoms with Crippen LogP contribution < -0.4 is 10.1 Å². The first kappa shape index (κ1) is 20.9. The summed E-state index contributed by atoms with van der Waals surface area (Å²) >= 11 is 7.31. The standard InChI is InChI=1S/C21H19ClF2N2O3S/c22-12-1-4-18-16(9-12)25-21(28)19(30-18)11-20(27)26-7-5-14(6-8-26)29-17-3-2-13(23)10-15(17)24/h1-4,9-10,14,19H,5-8,11H2,(H,25,28). The van der Waals surface area contributed by atoms with Gasteiger partial charge in [-0.05, 0) is 30.3 Å². The third kappa shape index (κ3) is 4.70. The average molecular weight is 453 g/mol. The summed E-state index contributed by atoms with van der Waals surface area (Å²) in [6, 6.07) is 8.47. The molecular weight excluding hydrogens is 434 g/mol. The van der Waals surface area contributed by atoms with E-state index in [1.54, 1.807) is 17.0 Å². The van der Waals surface area contributed by atoms with Crippen molar-refractivity contribution in [2.24, 2.45) is 0 Å². The van der Waals surface area contributed by atoms with Crippen LogP contribution in [0.4, 0.5) is 14.5 Å². The number of likely N-dealkylation sites (tertiary alicyclic amines) is 1. The number of amides is 2. The van der Waals surface area contributed by atoms with E-state index in [0.29, 0.717) is 36.6 Å². The Bertz CT molecular complexity index is 983. The Morgan fingerprint density at radius 1 is 1.20 bits per heavy atom. The molecule has 2 aromatic rings. The molecule has 1 fully saturated rings. The van der Waals surface area contributed by atoms with Crippen LogP contribution in [0.2, 0.25) is 5.02 Å². The average Bonchev–Trinajstić information content (AvgIpc) is 2.71. The van der Waals surface area contributed by atoms with Gasteiger partial charge in [0.15, 0.2) is 11.6 Å². The molecule has 1 saturated heterocycles. The lowest BCUT2D eigenvalue weighted by Crippen LogP contribution is -2.44. The minimum Gasteiger partial charge on any atom is -0.487 e. The second-order valence-corrected chi connectivity index (χ2v) is 8.89. The van der Waals surface area contributed by atoms with Gasteiger partial charge in [0.1, 0.15) is 11.9 Å². The van der Waals surface area contributed by atoms with Crippen molar-refractivity contribution in [2.75, 3.05) is 18.4 Å². The maximum atomic E-state index is 13.8. The molecule has 1 N–H and O–H groups in total. The molecule has 0 radical (unpaired) electrons. The minimum absolute atomic E-state index is 0.00946. The number of nitrogens with one attached hydrogen (secondary N) is 1. The highest BCUT2D eigenvalue weighted by molar-refractivity contribution is 8.01. The summed E-state index contributed by atoms with van der Waals surface area (Å²) in [5.74, 6) is -1.71. The van der Waals surface area contributed by atoms with Gasteiger partial charge >= 0.3 is 0 Å². The third-order valence-electron chi connectivity index (χ3n) is 5.10. The molecule has 0 aromatic heterocycles. The number of piperidine rings is 1. The molecule has 5 nitrogen and oxygen atoms in total. The Labute approximate surface area is 181 Å². The number of rotatable bonds is 4. The zero-order valence-corrected chi connectivity index (χ0v) is 17.4. The second-order valence-electron chi connectivity index (χ2n) is 7.21. The van der Waals surface area contributed by atoms with E-state index in [0.717, 1.165) is 17.0 Å². The SMILES string of the molecule is O=C1Nc2cc(Cl)ccc2SC1CC(=O)N1CCC(Oc2ccc(F)cc2F)CC1. The Morgan fingerprint density at radius 3 is 2.70 bits per heavy atom. The lowest BCUT2D eigenvalue weighted by atomic mass is 10.1. The first-order chi connectivity index (χ1) is 14.4. The van der Waals surface area contributed by atoms with Gasteiger partial charge < -0.3 is 15.0 Å². The van der Waals surface area contributed by atoms with Gasteiger partial charge in [-0.15, -0.1) is 11.8 Å². The summed E-state index contributed by atoms with van der Waals surface area (Å²) in [5.41, 5.74) is 0.659. The third-order valence-corrected chi connectivity index (χ3v) is 6.61. The number of carbonyl (C=O) groups is 2. The van der Waals surface area contributed by atoms with Crippen molar-refractivity contribution in [1.82, 2.24) is 4.90 Å². The molecule has 2 aliphatic heterocycles. The Morgan fingerprint density at radius 2 is 1.97 bits per heavy atom. The van der Waals surface area contributed by atoms with Crippen LogP contribution in [0.15, 0.2) is 41.3 Å². The van der Waals surface area contributed by atoms with E-state index in [9.17, 15) is 18.4 Å². The highest BCUT2D eigenvalue weighted by Crippen LogP contribution is 2.38. The number of thioether (sulfide) groups is 1. The molecule has 0 bridgehead atoms. The number of fused-ring (bicyclic) bond motifs is 1. The fraction of sp³-hybridized carbons (Fsp3) is 0.333. The van der Waals surface area contributed by atoms with E-state index in [1.165, 1.54) is 17.8 Å². The van der Waals surface area contributed by atoms with Crippen molar-refractivity contribution in [3.8, 4) is 5.75 Å². The van der Waals surface area contributed by atoms with Gasteiger partial charge in [-0.3, -0.25) is 9.59 Å². The van der Waals surface area contributed by atoms with Crippen molar-refractivity contribution in [1.29, 1.82) is 0 Å². The van der Waals surface area contributed by atoms with E-state index in [-0.39, 0.29) is 30.1 Å². The lowest BCUT2D eigenvalue weighted by molar-refractivity contribution is -0.134. The van der Waals surface area contributed by atoms with Crippen LogP contribution in [0, 0.1) is 11.6 Å². The molecule has 0 aliphatic carbocycles. The highest BCUT2D eigenvalue weighted by Gasteiger charge is 2.32. The van der Waals surface area contributed by atoms with E-state index >= 15 is 0 Å². The molecule has 0 spiro atoms. The van der Waals surface area contributed by atoms with Crippen LogP contribution in [-0.2, 0) is 9.59 Å². The van der Waals surface area contributed by atoms with E-state index in [2.05, 4.69) is 5.32 Å². The zero-order valence-electron chi connectivity index (χ0n) is 15.9. The molecule has 9 heteroatoms. The van der Waals surface area contributed by atoms with Crippen LogP contribution >= 0.6 is 23.4 Å². The first-order valence-corrected chi connectivity index (χ1v) is 10.8. The van der Waals surface area contributed by atoms with Gasteiger partial charge in [0.05, 0.1) is 10.9 Å². The van der Waals surface area contributed by atoms with Gasteiger partial charge in [0, 0.05) is 48.3 Å². The molecular formula is C21H19ClF2N2O3S. The largest absolute Gasteiger partial charge is 0.487 e. The van der Waals surface area contributed by atoms with Crippen molar-refractivity contribution in [2.45, 2.75) is 35.5 Å². The highest BCUT2D eigenvalue weighted by atomic mass is 35.5. The first-order valence-electron chi connectivity index (χ1n) is 9.55. The smallest absolute Gasteiger partial charge is 0.238 e. The maximum absolute atomic E-state index is 13.8. The fourth-order valence-corrected chi connectivity index (χ4v) is 4.77. The van der Waals surface area contributed by atoms with Gasteiger partial charge in [0.2, 0.25) is 11.8 Å². The summed E-state index contributed by atoms with van der Waals surface area (Å²) in [7, 11) is 0. The number of ether oxygens (including phenoxy) is 1. The summed E-state index contributed by atoms with van der Waals surface area (Å²) in [4.78, 5) is 27.7. The Kier molecular flexibility index (Phi) is 6.15. The molecule has 2 aliphatic rings. The number of benzene rings is 2. The molecule has 0 saturated carbocycles. The van der Waals surface area contributed by atoms with Crippen LogP contribution in [0.25, 0.3) is 0 Å².